The van der Waals surface area contributed by atoms with Crippen molar-refractivity contribution in [2.24, 2.45) is 0 Å². The SMILES string of the molecule is CC(=O)N1CCN(C(=O)c2cc(C(F)(F)F)cc(C(F)(F)F)c2)CC1. The molecular weight excluding hydrogens is 354 g/mol. The first-order valence-corrected chi connectivity index (χ1v) is 7.24. The largest absolute Gasteiger partial charge is 0.416 e. The lowest BCUT2D eigenvalue weighted by molar-refractivity contribution is -0.143. The third-order valence-corrected chi connectivity index (χ3v) is 3.85. The highest BCUT2D eigenvalue weighted by Gasteiger charge is 2.38. The molecule has 0 unspecified atom stereocenters. The maximum Gasteiger partial charge on any atom is 0.416 e. The van der Waals surface area contributed by atoms with E-state index >= 15 is 0 Å². The lowest BCUT2D eigenvalue weighted by Gasteiger charge is -2.34. The molecule has 25 heavy (non-hydrogen) atoms. The van der Waals surface area contributed by atoms with Crippen LogP contribution in [0.3, 0.4) is 0 Å². The molecule has 1 saturated heterocycles. The van der Waals surface area contributed by atoms with Gasteiger partial charge in [-0.1, -0.05) is 0 Å². The molecule has 0 aromatic heterocycles. The number of amides is 2. The normalized spacial score (nSPS) is 16.1. The van der Waals surface area contributed by atoms with Gasteiger partial charge in [-0.3, -0.25) is 9.59 Å². The van der Waals surface area contributed by atoms with Crippen LogP contribution in [0.2, 0.25) is 0 Å². The van der Waals surface area contributed by atoms with Crippen molar-refractivity contribution >= 4 is 11.8 Å². The number of piperazine rings is 1. The Morgan fingerprint density at radius 1 is 0.800 bits per heavy atom. The van der Waals surface area contributed by atoms with Crippen LogP contribution in [-0.4, -0.2) is 47.8 Å². The van der Waals surface area contributed by atoms with Gasteiger partial charge < -0.3 is 9.80 Å². The second-order valence-corrected chi connectivity index (χ2v) is 5.59. The van der Waals surface area contributed by atoms with Gasteiger partial charge in [0.1, 0.15) is 0 Å². The summed E-state index contributed by atoms with van der Waals surface area (Å²) in [6.45, 7) is 1.75. The highest BCUT2D eigenvalue weighted by molar-refractivity contribution is 5.95. The molecule has 1 aliphatic rings. The molecule has 0 spiro atoms. The van der Waals surface area contributed by atoms with Crippen LogP contribution >= 0.6 is 0 Å². The number of halogens is 6. The fourth-order valence-corrected chi connectivity index (χ4v) is 2.49. The van der Waals surface area contributed by atoms with Gasteiger partial charge in [-0.05, 0) is 18.2 Å². The summed E-state index contributed by atoms with van der Waals surface area (Å²) < 4.78 is 77.1. The van der Waals surface area contributed by atoms with E-state index in [0.717, 1.165) is 4.90 Å². The zero-order valence-electron chi connectivity index (χ0n) is 13.0. The van der Waals surface area contributed by atoms with Crippen LogP contribution in [0.5, 0.6) is 0 Å². The first-order chi connectivity index (χ1) is 11.4. The summed E-state index contributed by atoms with van der Waals surface area (Å²) in [4.78, 5) is 26.1. The minimum atomic E-state index is -5.01. The molecule has 138 valence electrons. The summed E-state index contributed by atoms with van der Waals surface area (Å²) in [5, 5.41) is 0. The standard InChI is InChI=1S/C15H14F6N2O2/c1-9(24)22-2-4-23(5-3-22)13(25)10-6-11(14(16,17)18)8-12(7-10)15(19,20)21/h6-8H,2-5H2,1H3. The minimum absolute atomic E-state index is 0.0233. The second-order valence-electron chi connectivity index (χ2n) is 5.59. The molecule has 2 rings (SSSR count). The van der Waals surface area contributed by atoms with E-state index in [9.17, 15) is 35.9 Å². The number of hydrogen-bond donors (Lipinski definition) is 0. The van der Waals surface area contributed by atoms with Crippen molar-refractivity contribution in [1.82, 2.24) is 9.80 Å². The van der Waals surface area contributed by atoms with Crippen LogP contribution in [0.4, 0.5) is 26.3 Å². The van der Waals surface area contributed by atoms with Gasteiger partial charge in [-0.25, -0.2) is 0 Å². The third kappa shape index (κ3) is 4.43. The highest BCUT2D eigenvalue weighted by atomic mass is 19.4. The van der Waals surface area contributed by atoms with E-state index in [1.807, 2.05) is 0 Å². The molecule has 1 aromatic rings. The van der Waals surface area contributed by atoms with Crippen molar-refractivity contribution in [2.45, 2.75) is 19.3 Å². The smallest absolute Gasteiger partial charge is 0.339 e. The van der Waals surface area contributed by atoms with Gasteiger partial charge in [0, 0.05) is 38.7 Å². The Labute approximate surface area is 139 Å². The molecule has 1 aromatic carbocycles. The summed E-state index contributed by atoms with van der Waals surface area (Å²) >= 11 is 0. The number of benzene rings is 1. The van der Waals surface area contributed by atoms with E-state index in [1.54, 1.807) is 0 Å². The molecule has 0 N–H and O–H groups in total. The number of hydrogen-bond acceptors (Lipinski definition) is 2. The van der Waals surface area contributed by atoms with Crippen LogP contribution in [0.15, 0.2) is 18.2 Å². The van der Waals surface area contributed by atoms with Crippen LogP contribution in [0.25, 0.3) is 0 Å². The monoisotopic (exact) mass is 368 g/mol. The summed E-state index contributed by atoms with van der Waals surface area (Å²) in [6.07, 6.45) is -10.0. The Hall–Kier alpha value is -2.26. The molecule has 0 saturated carbocycles. The fraction of sp³-hybridized carbons (Fsp3) is 0.467. The van der Waals surface area contributed by atoms with Crippen molar-refractivity contribution in [3.63, 3.8) is 0 Å². The Kier molecular flexibility index (Phi) is 5.01. The maximum atomic E-state index is 12.8. The van der Waals surface area contributed by atoms with Gasteiger partial charge >= 0.3 is 12.4 Å². The number of rotatable bonds is 1. The molecule has 4 nitrogen and oxygen atoms in total. The lowest BCUT2D eigenvalue weighted by Crippen LogP contribution is -2.50. The van der Waals surface area contributed by atoms with Gasteiger partial charge in [0.05, 0.1) is 11.1 Å². The minimum Gasteiger partial charge on any atom is -0.339 e. The highest BCUT2D eigenvalue weighted by Crippen LogP contribution is 2.36. The zero-order chi connectivity index (χ0) is 19.0. The Balaban J connectivity index is 2.32. The predicted molar refractivity (Wildman–Crippen MR) is 74.6 cm³/mol. The van der Waals surface area contributed by atoms with Crippen molar-refractivity contribution in [3.05, 3.63) is 34.9 Å². The van der Waals surface area contributed by atoms with Crippen molar-refractivity contribution in [1.29, 1.82) is 0 Å². The van der Waals surface area contributed by atoms with Crippen molar-refractivity contribution in [2.75, 3.05) is 26.2 Å². The van der Waals surface area contributed by atoms with E-state index in [4.69, 9.17) is 0 Å². The van der Waals surface area contributed by atoms with E-state index in [2.05, 4.69) is 0 Å². The second kappa shape index (κ2) is 6.57. The Morgan fingerprint density at radius 3 is 1.56 bits per heavy atom. The van der Waals surface area contributed by atoms with E-state index in [1.165, 1.54) is 11.8 Å². The lowest BCUT2D eigenvalue weighted by atomic mass is 10.0. The average molecular weight is 368 g/mol. The van der Waals surface area contributed by atoms with Crippen molar-refractivity contribution in [3.8, 4) is 0 Å². The molecule has 2 amide bonds. The van der Waals surface area contributed by atoms with Crippen LogP contribution < -0.4 is 0 Å². The first-order valence-electron chi connectivity index (χ1n) is 7.24. The molecule has 0 bridgehead atoms. The molecule has 0 radical (unpaired) electrons. The van der Waals surface area contributed by atoms with Crippen LogP contribution in [0.1, 0.15) is 28.4 Å². The molecular formula is C15H14F6N2O2. The molecule has 1 aliphatic heterocycles. The van der Waals surface area contributed by atoms with Crippen LogP contribution in [0, 0.1) is 0 Å². The summed E-state index contributed by atoms with van der Waals surface area (Å²) in [7, 11) is 0. The molecule has 1 heterocycles. The number of carbonyl (C=O) groups excluding carboxylic acids is 2. The van der Waals surface area contributed by atoms with Crippen LogP contribution in [-0.2, 0) is 17.1 Å². The predicted octanol–water partition coefficient (Wildman–Crippen LogP) is 3.03. The summed E-state index contributed by atoms with van der Waals surface area (Å²) in [5.41, 5.74) is -3.75. The fourth-order valence-electron chi connectivity index (χ4n) is 2.49. The maximum absolute atomic E-state index is 12.8. The molecule has 0 atom stereocenters. The van der Waals surface area contributed by atoms with Gasteiger partial charge in [0.15, 0.2) is 0 Å². The van der Waals surface area contributed by atoms with Gasteiger partial charge in [0.2, 0.25) is 5.91 Å². The zero-order valence-corrected chi connectivity index (χ0v) is 13.0. The molecule has 1 fully saturated rings. The van der Waals surface area contributed by atoms with Gasteiger partial charge in [-0.15, -0.1) is 0 Å². The number of carbonyl (C=O) groups is 2. The van der Waals surface area contributed by atoms with E-state index in [0.29, 0.717) is 12.1 Å². The number of alkyl halides is 6. The van der Waals surface area contributed by atoms with Crippen molar-refractivity contribution < 1.29 is 35.9 Å². The Bertz CT molecular complexity index is 643. The van der Waals surface area contributed by atoms with Gasteiger partial charge in [-0.2, -0.15) is 26.3 Å². The summed E-state index contributed by atoms with van der Waals surface area (Å²) in [6, 6.07) is 0.800. The van der Waals surface area contributed by atoms with E-state index in [-0.39, 0.29) is 38.2 Å². The first kappa shape index (κ1) is 19.1. The summed E-state index contributed by atoms with van der Waals surface area (Å²) in [5.74, 6) is -1.15. The van der Waals surface area contributed by atoms with E-state index < -0.39 is 35.0 Å². The van der Waals surface area contributed by atoms with Gasteiger partial charge in [0.25, 0.3) is 5.91 Å². The topological polar surface area (TPSA) is 40.6 Å². The number of nitrogens with zero attached hydrogens (tertiary/aromatic N) is 2. The molecule has 10 heteroatoms. The Morgan fingerprint density at radius 2 is 1.20 bits per heavy atom. The third-order valence-electron chi connectivity index (χ3n) is 3.85. The quantitative estimate of drug-likeness (QED) is 0.715. The average Bonchev–Trinajstić information content (AvgIpc) is 2.52. The molecule has 0 aliphatic carbocycles.